The molecule has 22 heavy (non-hydrogen) atoms. The summed E-state index contributed by atoms with van der Waals surface area (Å²) < 4.78 is 5.11. The molecule has 112 valence electrons. The lowest BCUT2D eigenvalue weighted by atomic mass is 10.1. The summed E-state index contributed by atoms with van der Waals surface area (Å²) in [5, 5.41) is 9.13. The largest absolute Gasteiger partial charge is 0.361 e. The fraction of sp³-hybridized carbons (Fsp3) is 0.222. The van der Waals surface area contributed by atoms with Crippen molar-refractivity contribution in [3.05, 3.63) is 59.5 Å². The summed E-state index contributed by atoms with van der Waals surface area (Å²) in [7, 11) is 0. The van der Waals surface area contributed by atoms with E-state index in [0.717, 1.165) is 33.5 Å². The number of hydrogen-bond acceptors (Lipinski definition) is 3. The van der Waals surface area contributed by atoms with E-state index in [4.69, 9.17) is 4.52 Å². The summed E-state index contributed by atoms with van der Waals surface area (Å²) in [5.74, 6) is 0.784. The van der Waals surface area contributed by atoms with Crippen LogP contribution in [0.3, 0.4) is 0 Å². The van der Waals surface area contributed by atoms with E-state index in [1.807, 2.05) is 50.2 Å². The Labute approximate surface area is 129 Å². The highest BCUT2D eigenvalue weighted by atomic mass is 16.5. The van der Waals surface area contributed by atoms with E-state index >= 15 is 0 Å². The smallest absolute Gasteiger partial charge is 0.224 e. The van der Waals surface area contributed by atoms with E-state index in [2.05, 4.69) is 16.5 Å². The predicted octanol–water partition coefficient (Wildman–Crippen LogP) is 4.02. The van der Waals surface area contributed by atoms with Crippen molar-refractivity contribution in [2.45, 2.75) is 26.7 Å². The average molecular weight is 294 g/mol. The van der Waals surface area contributed by atoms with E-state index in [0.29, 0.717) is 12.8 Å². The molecule has 0 bridgehead atoms. The summed E-state index contributed by atoms with van der Waals surface area (Å²) in [6.45, 7) is 3.77. The number of benzene rings is 2. The number of nitrogens with one attached hydrogen (secondary N) is 1. The maximum absolute atomic E-state index is 12.1. The number of aromatic nitrogens is 1. The third kappa shape index (κ3) is 3.01. The molecule has 0 aliphatic rings. The fourth-order valence-electron chi connectivity index (χ4n) is 2.59. The van der Waals surface area contributed by atoms with Crippen LogP contribution < -0.4 is 5.32 Å². The van der Waals surface area contributed by atoms with Crippen LogP contribution in [0.25, 0.3) is 10.8 Å². The molecule has 3 aromatic rings. The summed E-state index contributed by atoms with van der Waals surface area (Å²) in [6.07, 6.45) is 1.05. The molecule has 1 amide bonds. The Morgan fingerprint density at radius 2 is 1.91 bits per heavy atom. The fourth-order valence-corrected chi connectivity index (χ4v) is 2.59. The Morgan fingerprint density at radius 1 is 1.14 bits per heavy atom. The van der Waals surface area contributed by atoms with Crippen molar-refractivity contribution in [2.24, 2.45) is 0 Å². The van der Waals surface area contributed by atoms with E-state index in [9.17, 15) is 4.79 Å². The van der Waals surface area contributed by atoms with Gasteiger partial charge in [0.1, 0.15) is 5.76 Å². The summed E-state index contributed by atoms with van der Waals surface area (Å²) in [6, 6.07) is 14.0. The van der Waals surface area contributed by atoms with Crippen LogP contribution in [0.4, 0.5) is 5.69 Å². The number of amides is 1. The van der Waals surface area contributed by atoms with Crippen molar-refractivity contribution in [1.29, 1.82) is 0 Å². The summed E-state index contributed by atoms with van der Waals surface area (Å²) in [5.41, 5.74) is 2.70. The molecule has 1 N–H and O–H groups in total. The number of carbonyl (C=O) groups is 1. The zero-order chi connectivity index (χ0) is 15.5. The normalized spacial score (nSPS) is 10.8. The van der Waals surface area contributed by atoms with Crippen LogP contribution in [0.5, 0.6) is 0 Å². The predicted molar refractivity (Wildman–Crippen MR) is 86.9 cm³/mol. The van der Waals surface area contributed by atoms with Gasteiger partial charge < -0.3 is 9.84 Å². The van der Waals surface area contributed by atoms with Gasteiger partial charge in [0, 0.05) is 17.7 Å². The lowest BCUT2D eigenvalue weighted by molar-refractivity contribution is -0.116. The minimum atomic E-state index is -0.00437. The van der Waals surface area contributed by atoms with Crippen molar-refractivity contribution in [1.82, 2.24) is 5.16 Å². The molecule has 0 aliphatic carbocycles. The van der Waals surface area contributed by atoms with E-state index in [1.54, 1.807) is 0 Å². The zero-order valence-electron chi connectivity index (χ0n) is 12.7. The summed E-state index contributed by atoms with van der Waals surface area (Å²) in [4.78, 5) is 12.1. The molecule has 0 fully saturated rings. The van der Waals surface area contributed by atoms with Gasteiger partial charge >= 0.3 is 0 Å². The van der Waals surface area contributed by atoms with E-state index in [-0.39, 0.29) is 5.91 Å². The van der Waals surface area contributed by atoms with Crippen LogP contribution in [0.1, 0.15) is 23.4 Å². The Kier molecular flexibility index (Phi) is 3.92. The first kappa shape index (κ1) is 14.3. The second kappa shape index (κ2) is 6.02. The molecular weight excluding hydrogens is 276 g/mol. The molecule has 0 saturated carbocycles. The average Bonchev–Trinajstić information content (AvgIpc) is 2.84. The SMILES string of the molecule is Cc1noc(C)c1CCC(=O)Nc1ccc2ccccc2c1. The van der Waals surface area contributed by atoms with Crippen LogP contribution in [0.2, 0.25) is 0 Å². The third-order valence-corrected chi connectivity index (χ3v) is 3.82. The van der Waals surface area contributed by atoms with Crippen LogP contribution in [-0.2, 0) is 11.2 Å². The minimum Gasteiger partial charge on any atom is -0.361 e. The first-order chi connectivity index (χ1) is 10.6. The van der Waals surface area contributed by atoms with Gasteiger partial charge in [-0.2, -0.15) is 0 Å². The zero-order valence-corrected chi connectivity index (χ0v) is 12.7. The van der Waals surface area contributed by atoms with Gasteiger partial charge in [-0.1, -0.05) is 35.5 Å². The van der Waals surface area contributed by atoms with Gasteiger partial charge in [-0.25, -0.2) is 0 Å². The first-order valence-electron chi connectivity index (χ1n) is 7.34. The number of hydrogen-bond donors (Lipinski definition) is 1. The van der Waals surface area contributed by atoms with E-state index < -0.39 is 0 Å². The highest BCUT2D eigenvalue weighted by molar-refractivity contribution is 5.94. The molecule has 4 nitrogen and oxygen atoms in total. The molecular formula is C18H18N2O2. The van der Waals surface area contributed by atoms with Gasteiger partial charge in [-0.15, -0.1) is 0 Å². The van der Waals surface area contributed by atoms with Gasteiger partial charge in [0.25, 0.3) is 0 Å². The Balaban J connectivity index is 1.65. The molecule has 0 spiro atoms. The van der Waals surface area contributed by atoms with Crippen LogP contribution >= 0.6 is 0 Å². The molecule has 4 heteroatoms. The lowest BCUT2D eigenvalue weighted by Gasteiger charge is -2.06. The lowest BCUT2D eigenvalue weighted by Crippen LogP contribution is -2.12. The topological polar surface area (TPSA) is 55.1 Å². The van der Waals surface area contributed by atoms with E-state index in [1.165, 1.54) is 0 Å². The summed E-state index contributed by atoms with van der Waals surface area (Å²) >= 11 is 0. The molecule has 0 saturated heterocycles. The molecule has 2 aromatic carbocycles. The highest BCUT2D eigenvalue weighted by Crippen LogP contribution is 2.19. The van der Waals surface area contributed by atoms with Crippen LogP contribution in [0, 0.1) is 13.8 Å². The van der Waals surface area contributed by atoms with Gasteiger partial charge in [0.05, 0.1) is 5.69 Å². The van der Waals surface area contributed by atoms with Crippen molar-refractivity contribution in [3.8, 4) is 0 Å². The number of anilines is 1. The monoisotopic (exact) mass is 294 g/mol. The number of fused-ring (bicyclic) bond motifs is 1. The molecule has 0 radical (unpaired) electrons. The molecule has 0 unspecified atom stereocenters. The third-order valence-electron chi connectivity index (χ3n) is 3.82. The van der Waals surface area contributed by atoms with Crippen LogP contribution in [-0.4, -0.2) is 11.1 Å². The van der Waals surface area contributed by atoms with Gasteiger partial charge in [-0.3, -0.25) is 4.79 Å². The van der Waals surface area contributed by atoms with Gasteiger partial charge in [0.15, 0.2) is 0 Å². The maximum atomic E-state index is 12.1. The molecule has 1 aromatic heterocycles. The second-order valence-electron chi connectivity index (χ2n) is 5.41. The van der Waals surface area contributed by atoms with Gasteiger partial charge in [0.2, 0.25) is 5.91 Å². The maximum Gasteiger partial charge on any atom is 0.224 e. The Bertz CT molecular complexity index is 801. The Hall–Kier alpha value is -2.62. The molecule has 0 atom stereocenters. The first-order valence-corrected chi connectivity index (χ1v) is 7.34. The quantitative estimate of drug-likeness (QED) is 0.790. The number of carbonyl (C=O) groups excluding carboxylic acids is 1. The number of rotatable bonds is 4. The van der Waals surface area contributed by atoms with Crippen molar-refractivity contribution in [2.75, 3.05) is 5.32 Å². The Morgan fingerprint density at radius 3 is 2.64 bits per heavy atom. The second-order valence-corrected chi connectivity index (χ2v) is 5.41. The van der Waals surface area contributed by atoms with Crippen LogP contribution in [0.15, 0.2) is 47.0 Å². The molecule has 0 aliphatic heterocycles. The molecule has 3 rings (SSSR count). The molecule has 1 heterocycles. The van der Waals surface area contributed by atoms with Crippen molar-refractivity contribution in [3.63, 3.8) is 0 Å². The van der Waals surface area contributed by atoms with Crippen molar-refractivity contribution < 1.29 is 9.32 Å². The number of nitrogens with zero attached hydrogens (tertiary/aromatic N) is 1. The minimum absolute atomic E-state index is 0.00437. The van der Waals surface area contributed by atoms with Gasteiger partial charge in [-0.05, 0) is 43.2 Å². The standard InChI is InChI=1S/C18H18N2O2/c1-12-17(13(2)22-20-12)9-10-18(21)19-16-8-7-14-5-3-4-6-15(14)11-16/h3-8,11H,9-10H2,1-2H3,(H,19,21). The number of aryl methyl sites for hydroxylation is 2. The van der Waals surface area contributed by atoms with Crippen molar-refractivity contribution >= 4 is 22.4 Å². The highest BCUT2D eigenvalue weighted by Gasteiger charge is 2.11.